The van der Waals surface area contributed by atoms with Crippen molar-refractivity contribution in [1.82, 2.24) is 15.0 Å². The van der Waals surface area contributed by atoms with Crippen LogP contribution < -0.4 is 0 Å². The van der Waals surface area contributed by atoms with E-state index in [9.17, 15) is 0 Å². The smallest absolute Gasteiger partial charge is 0.167 e. The van der Waals surface area contributed by atoms with Crippen molar-refractivity contribution in [2.75, 3.05) is 0 Å². The fraction of sp³-hybridized carbons (Fsp3) is 0. The molecule has 9 aromatic rings. The van der Waals surface area contributed by atoms with Gasteiger partial charge in [0.25, 0.3) is 0 Å². The standard InChI is InChI=1S/C45H29N3O/c1-4-11-30(12-5-1)32-19-21-34(22-20-32)37-27-28-41-40(29-37)38-17-10-18-39(42(38)49-41)45-47-43(35-15-8-3-9-16-35)46-44(48-45)36-25-23-33(24-26-36)31-13-6-2-7-14-31/h1-29H/i2D,6D,7D,13D,14D. The van der Waals surface area contributed by atoms with Crippen LogP contribution in [0.3, 0.4) is 0 Å². The van der Waals surface area contributed by atoms with Crippen LogP contribution in [0.15, 0.2) is 180 Å². The van der Waals surface area contributed by atoms with Gasteiger partial charge in [-0.05, 0) is 51.6 Å². The second kappa shape index (κ2) is 12.2. The predicted octanol–water partition coefficient (Wildman–Crippen LogP) is 11.8. The Kier molecular flexibility index (Phi) is 5.87. The van der Waals surface area contributed by atoms with Gasteiger partial charge in [-0.3, -0.25) is 0 Å². The molecule has 49 heavy (non-hydrogen) atoms. The lowest BCUT2D eigenvalue weighted by Crippen LogP contribution is -2.00. The average molecular weight is 633 g/mol. The number of fused-ring (bicyclic) bond motifs is 3. The van der Waals surface area contributed by atoms with Gasteiger partial charge in [0.2, 0.25) is 0 Å². The number of rotatable bonds is 6. The van der Waals surface area contributed by atoms with Gasteiger partial charge in [0.1, 0.15) is 11.2 Å². The van der Waals surface area contributed by atoms with Crippen LogP contribution in [0.5, 0.6) is 0 Å². The molecule has 2 aromatic heterocycles. The second-order valence-electron chi connectivity index (χ2n) is 11.7. The van der Waals surface area contributed by atoms with E-state index in [0.717, 1.165) is 38.6 Å². The quantitative estimate of drug-likeness (QED) is 0.183. The van der Waals surface area contributed by atoms with E-state index in [-0.39, 0.29) is 29.7 Å². The summed E-state index contributed by atoms with van der Waals surface area (Å²) in [7, 11) is 0. The first-order chi connectivity index (χ1) is 26.3. The van der Waals surface area contributed by atoms with Gasteiger partial charge < -0.3 is 4.42 Å². The van der Waals surface area contributed by atoms with Crippen molar-refractivity contribution in [3.63, 3.8) is 0 Å². The van der Waals surface area contributed by atoms with Gasteiger partial charge in [-0.25, -0.2) is 15.0 Å². The van der Waals surface area contributed by atoms with Gasteiger partial charge in [0.05, 0.1) is 12.4 Å². The van der Waals surface area contributed by atoms with Crippen molar-refractivity contribution < 1.29 is 11.3 Å². The molecule has 7 aromatic carbocycles. The highest BCUT2D eigenvalue weighted by molar-refractivity contribution is 6.10. The van der Waals surface area contributed by atoms with Crippen LogP contribution in [0.25, 0.3) is 89.5 Å². The predicted molar refractivity (Wildman–Crippen MR) is 200 cm³/mol. The first kappa shape index (κ1) is 23.6. The van der Waals surface area contributed by atoms with E-state index in [4.69, 9.17) is 26.2 Å². The Morgan fingerprint density at radius 1 is 0.388 bits per heavy atom. The first-order valence-corrected chi connectivity index (χ1v) is 15.9. The molecule has 0 bridgehead atoms. The van der Waals surface area contributed by atoms with Crippen molar-refractivity contribution in [3.8, 4) is 67.5 Å². The van der Waals surface area contributed by atoms with Crippen LogP contribution in [0, 0.1) is 0 Å². The minimum atomic E-state index is -0.426. The van der Waals surface area contributed by atoms with Gasteiger partial charge in [-0.2, -0.15) is 0 Å². The fourth-order valence-electron chi connectivity index (χ4n) is 6.16. The summed E-state index contributed by atoms with van der Waals surface area (Å²) >= 11 is 0. The average Bonchev–Trinajstić information content (AvgIpc) is 3.61. The summed E-state index contributed by atoms with van der Waals surface area (Å²) in [5.41, 5.74) is 8.78. The third kappa shape index (κ3) is 5.45. The molecular weight excluding hydrogens is 599 g/mol. The molecule has 0 fully saturated rings. The molecule has 0 aliphatic rings. The van der Waals surface area contributed by atoms with Gasteiger partial charge in [-0.1, -0.05) is 158 Å². The molecule has 0 spiro atoms. The maximum atomic E-state index is 8.42. The lowest BCUT2D eigenvalue weighted by molar-refractivity contribution is 0.669. The Bertz CT molecular complexity index is 2830. The minimum Gasteiger partial charge on any atom is -0.455 e. The molecule has 4 heteroatoms. The van der Waals surface area contributed by atoms with Crippen molar-refractivity contribution in [2.45, 2.75) is 0 Å². The number of aromatic nitrogens is 3. The van der Waals surface area contributed by atoms with Gasteiger partial charge in [0.15, 0.2) is 17.5 Å². The molecule has 0 amide bonds. The molecule has 0 aliphatic carbocycles. The van der Waals surface area contributed by atoms with Crippen LogP contribution in [-0.4, -0.2) is 15.0 Å². The molecule has 4 nitrogen and oxygen atoms in total. The summed E-state index contributed by atoms with van der Waals surface area (Å²) in [5.74, 6) is 1.34. The monoisotopic (exact) mass is 632 g/mol. The molecule has 2 heterocycles. The SMILES string of the molecule is [2H]c1c([2H])c([2H])c(-c2ccc(-c3nc(-c4ccccc4)nc(-c4cccc5c4oc4ccc(-c6ccc(-c7ccccc7)cc6)cc45)n3)cc2)c([2H])c1[2H]. The summed E-state index contributed by atoms with van der Waals surface area (Å²) in [6.45, 7) is 0. The second-order valence-corrected chi connectivity index (χ2v) is 11.7. The summed E-state index contributed by atoms with van der Waals surface area (Å²) in [6, 6.07) is 46.2. The fourth-order valence-corrected chi connectivity index (χ4v) is 6.16. The first-order valence-electron chi connectivity index (χ1n) is 18.4. The van der Waals surface area contributed by atoms with E-state index >= 15 is 0 Å². The number of nitrogens with zero attached hydrogens (tertiary/aromatic N) is 3. The highest BCUT2D eigenvalue weighted by atomic mass is 16.3. The molecule has 0 unspecified atom stereocenters. The number of para-hydroxylation sites is 1. The summed E-state index contributed by atoms with van der Waals surface area (Å²) in [6.07, 6.45) is 0. The number of benzene rings is 7. The van der Waals surface area contributed by atoms with Gasteiger partial charge in [0, 0.05) is 21.9 Å². The summed E-state index contributed by atoms with van der Waals surface area (Å²) < 4.78 is 47.5. The molecule has 0 N–H and O–H groups in total. The number of hydrogen-bond donors (Lipinski definition) is 0. The Morgan fingerprint density at radius 2 is 0.898 bits per heavy atom. The molecule has 0 saturated heterocycles. The van der Waals surface area contributed by atoms with E-state index in [0.29, 0.717) is 39.7 Å². The summed E-state index contributed by atoms with van der Waals surface area (Å²) in [4.78, 5) is 14.8. The highest BCUT2D eigenvalue weighted by Crippen LogP contribution is 2.38. The Balaban J connectivity index is 1.13. The van der Waals surface area contributed by atoms with Crippen LogP contribution in [-0.2, 0) is 0 Å². The van der Waals surface area contributed by atoms with Crippen molar-refractivity contribution in [2.24, 2.45) is 0 Å². The summed E-state index contributed by atoms with van der Waals surface area (Å²) in [5, 5.41) is 1.92. The molecular formula is C45H29N3O. The normalized spacial score (nSPS) is 12.7. The largest absolute Gasteiger partial charge is 0.455 e. The third-order valence-electron chi connectivity index (χ3n) is 8.66. The van der Waals surface area contributed by atoms with E-state index in [1.165, 1.54) is 5.56 Å². The third-order valence-corrected chi connectivity index (χ3v) is 8.66. The van der Waals surface area contributed by atoms with Crippen molar-refractivity contribution >= 4 is 21.9 Å². The Hall–Kier alpha value is -6.65. The Morgan fingerprint density at radius 3 is 1.57 bits per heavy atom. The zero-order valence-electron chi connectivity index (χ0n) is 31.1. The Labute approximate surface area is 291 Å². The maximum Gasteiger partial charge on any atom is 0.167 e. The van der Waals surface area contributed by atoms with Crippen LogP contribution in [0.2, 0.25) is 0 Å². The lowest BCUT2D eigenvalue weighted by Gasteiger charge is -2.09. The molecule has 9 rings (SSSR count). The minimum absolute atomic E-state index is 0.137. The van der Waals surface area contributed by atoms with E-state index < -0.39 is 6.04 Å². The van der Waals surface area contributed by atoms with Crippen molar-refractivity contribution in [3.05, 3.63) is 176 Å². The zero-order chi connectivity index (χ0) is 36.9. The molecule has 230 valence electrons. The van der Waals surface area contributed by atoms with E-state index in [1.807, 2.05) is 72.8 Å². The van der Waals surface area contributed by atoms with Crippen LogP contribution in [0.4, 0.5) is 0 Å². The molecule has 0 radical (unpaired) electrons. The van der Waals surface area contributed by atoms with E-state index in [2.05, 4.69) is 48.5 Å². The number of hydrogen-bond acceptors (Lipinski definition) is 4. The van der Waals surface area contributed by atoms with Crippen molar-refractivity contribution in [1.29, 1.82) is 0 Å². The molecule has 0 aliphatic heterocycles. The lowest BCUT2D eigenvalue weighted by atomic mass is 9.99. The number of furan rings is 1. The van der Waals surface area contributed by atoms with Crippen LogP contribution >= 0.6 is 0 Å². The zero-order valence-corrected chi connectivity index (χ0v) is 26.1. The van der Waals surface area contributed by atoms with E-state index in [1.54, 1.807) is 24.3 Å². The molecule has 0 atom stereocenters. The van der Waals surface area contributed by atoms with Gasteiger partial charge >= 0.3 is 0 Å². The maximum absolute atomic E-state index is 8.42. The molecule has 0 saturated carbocycles. The topological polar surface area (TPSA) is 51.8 Å². The highest BCUT2D eigenvalue weighted by Gasteiger charge is 2.18. The van der Waals surface area contributed by atoms with Gasteiger partial charge in [-0.15, -0.1) is 0 Å². The van der Waals surface area contributed by atoms with Crippen LogP contribution in [0.1, 0.15) is 6.85 Å².